The first kappa shape index (κ1) is 18.3. The van der Waals surface area contributed by atoms with Gasteiger partial charge >= 0.3 is 5.97 Å². The quantitative estimate of drug-likeness (QED) is 0.650. The van der Waals surface area contributed by atoms with Crippen molar-refractivity contribution in [2.75, 3.05) is 13.3 Å². The molecule has 4 rings (SSSR count). The van der Waals surface area contributed by atoms with E-state index < -0.39 is 16.0 Å². The number of aromatic carboxylic acids is 1. The molecule has 9 heteroatoms. The van der Waals surface area contributed by atoms with E-state index in [0.29, 0.717) is 34.5 Å². The molecule has 0 amide bonds. The van der Waals surface area contributed by atoms with Crippen LogP contribution in [0.1, 0.15) is 21.7 Å². The lowest BCUT2D eigenvalue weighted by molar-refractivity contribution is 0.0664. The van der Waals surface area contributed by atoms with Crippen molar-refractivity contribution >= 4 is 27.0 Å². The van der Waals surface area contributed by atoms with Gasteiger partial charge in [-0.2, -0.15) is 0 Å². The summed E-state index contributed by atoms with van der Waals surface area (Å²) in [5.74, 6) is -0.0652. The van der Waals surface area contributed by atoms with Gasteiger partial charge in [0.15, 0.2) is 11.5 Å². The molecule has 0 unspecified atom stereocenters. The van der Waals surface area contributed by atoms with Crippen molar-refractivity contribution in [2.24, 2.45) is 0 Å². The third-order valence-electron chi connectivity index (χ3n) is 4.55. The Labute approximate surface area is 160 Å². The van der Waals surface area contributed by atoms with Gasteiger partial charge in [-0.25, -0.2) is 17.9 Å². The zero-order valence-electron chi connectivity index (χ0n) is 14.9. The number of carboxylic acids is 1. The van der Waals surface area contributed by atoms with Gasteiger partial charge in [-0.05, 0) is 49.2 Å². The Morgan fingerprint density at radius 3 is 2.71 bits per heavy atom. The Morgan fingerprint density at radius 2 is 1.93 bits per heavy atom. The van der Waals surface area contributed by atoms with E-state index in [2.05, 4.69) is 4.72 Å². The van der Waals surface area contributed by atoms with Crippen LogP contribution in [0.25, 0.3) is 11.0 Å². The highest BCUT2D eigenvalue weighted by Crippen LogP contribution is 2.32. The number of hydrogen-bond donors (Lipinski definition) is 2. The first-order valence-corrected chi connectivity index (χ1v) is 9.98. The second kappa shape index (κ2) is 6.84. The Balaban J connectivity index is 1.50. The van der Waals surface area contributed by atoms with Crippen molar-refractivity contribution in [1.29, 1.82) is 0 Å². The number of rotatable bonds is 6. The fraction of sp³-hybridized carbons (Fsp3) is 0.211. The van der Waals surface area contributed by atoms with Gasteiger partial charge in [0.05, 0.1) is 4.90 Å². The average Bonchev–Trinajstić information content (AvgIpc) is 3.25. The molecule has 0 fully saturated rings. The van der Waals surface area contributed by atoms with Crippen LogP contribution in [-0.2, 0) is 16.4 Å². The molecule has 2 aromatic carbocycles. The standard InChI is InChI=1S/C19H17NO7S/c1-11-14-9-13(3-5-15(14)27-18(11)19(21)22)28(23,24)20-7-6-12-2-4-16-17(8-12)26-10-25-16/h2-5,8-9,20H,6-7,10H2,1H3,(H,21,22). The Morgan fingerprint density at radius 1 is 1.14 bits per heavy atom. The van der Waals surface area contributed by atoms with Gasteiger partial charge in [0.2, 0.25) is 22.6 Å². The maximum Gasteiger partial charge on any atom is 0.372 e. The average molecular weight is 403 g/mol. The highest BCUT2D eigenvalue weighted by molar-refractivity contribution is 7.89. The fourth-order valence-electron chi connectivity index (χ4n) is 3.08. The lowest BCUT2D eigenvalue weighted by atomic mass is 10.1. The molecule has 3 aromatic rings. The molecular formula is C19H17NO7S. The second-order valence-corrected chi connectivity index (χ2v) is 8.12. The molecule has 0 radical (unpaired) electrons. The number of furan rings is 1. The summed E-state index contributed by atoms with van der Waals surface area (Å²) >= 11 is 0. The van der Waals surface area contributed by atoms with Crippen molar-refractivity contribution in [3.8, 4) is 11.5 Å². The molecule has 28 heavy (non-hydrogen) atoms. The first-order valence-electron chi connectivity index (χ1n) is 8.50. The number of nitrogens with one attached hydrogen (secondary N) is 1. The van der Waals surface area contributed by atoms with Crippen LogP contribution in [0.5, 0.6) is 11.5 Å². The third kappa shape index (κ3) is 3.30. The molecule has 146 valence electrons. The minimum absolute atomic E-state index is 0.0477. The lowest BCUT2D eigenvalue weighted by Crippen LogP contribution is -2.26. The topological polar surface area (TPSA) is 115 Å². The van der Waals surface area contributed by atoms with Crippen molar-refractivity contribution < 1.29 is 32.2 Å². The van der Waals surface area contributed by atoms with E-state index >= 15 is 0 Å². The van der Waals surface area contributed by atoms with Crippen molar-refractivity contribution in [3.05, 3.63) is 53.3 Å². The Hall–Kier alpha value is -3.04. The minimum atomic E-state index is -3.76. The number of sulfonamides is 1. The highest BCUT2D eigenvalue weighted by atomic mass is 32.2. The first-order chi connectivity index (χ1) is 13.3. The molecule has 0 spiro atoms. The van der Waals surface area contributed by atoms with E-state index in [1.165, 1.54) is 18.2 Å². The van der Waals surface area contributed by atoms with Gasteiger partial charge < -0.3 is 19.0 Å². The summed E-state index contributed by atoms with van der Waals surface area (Å²) in [6.45, 7) is 1.97. The number of ether oxygens (including phenoxy) is 2. The zero-order valence-corrected chi connectivity index (χ0v) is 15.7. The number of fused-ring (bicyclic) bond motifs is 2. The number of carboxylic acid groups (broad SMARTS) is 1. The molecule has 1 aliphatic heterocycles. The maximum absolute atomic E-state index is 12.6. The Kier molecular flexibility index (Phi) is 4.48. The third-order valence-corrected chi connectivity index (χ3v) is 6.01. The molecule has 0 saturated carbocycles. The molecule has 2 heterocycles. The summed E-state index contributed by atoms with van der Waals surface area (Å²) in [6.07, 6.45) is 0.478. The molecule has 2 N–H and O–H groups in total. The zero-order chi connectivity index (χ0) is 19.9. The van der Waals surface area contributed by atoms with Crippen LogP contribution >= 0.6 is 0 Å². The molecule has 0 bridgehead atoms. The van der Waals surface area contributed by atoms with Gasteiger partial charge in [-0.15, -0.1) is 0 Å². The van der Waals surface area contributed by atoms with Crippen LogP contribution in [0.4, 0.5) is 0 Å². The summed E-state index contributed by atoms with van der Waals surface area (Å²) in [6, 6.07) is 9.74. The van der Waals surface area contributed by atoms with Crippen molar-refractivity contribution in [2.45, 2.75) is 18.2 Å². The number of benzene rings is 2. The summed E-state index contributed by atoms with van der Waals surface area (Å²) < 4.78 is 43.6. The van der Waals surface area contributed by atoms with Gasteiger partial charge in [-0.1, -0.05) is 6.07 Å². The minimum Gasteiger partial charge on any atom is -0.475 e. The molecule has 0 aliphatic carbocycles. The predicted molar refractivity (Wildman–Crippen MR) is 99.4 cm³/mol. The number of aryl methyl sites for hydroxylation is 1. The van der Waals surface area contributed by atoms with Crippen molar-refractivity contribution in [3.63, 3.8) is 0 Å². The van der Waals surface area contributed by atoms with Gasteiger partial charge in [0.1, 0.15) is 5.58 Å². The lowest BCUT2D eigenvalue weighted by Gasteiger charge is -2.08. The van der Waals surface area contributed by atoms with Crippen molar-refractivity contribution in [1.82, 2.24) is 4.72 Å². The Bertz CT molecular complexity index is 1180. The van der Waals surface area contributed by atoms with E-state index in [1.807, 2.05) is 12.1 Å². The molecule has 8 nitrogen and oxygen atoms in total. The molecule has 1 aliphatic rings. The van der Waals surface area contributed by atoms with Crippen LogP contribution in [0.15, 0.2) is 45.7 Å². The normalized spacial score (nSPS) is 13.2. The van der Waals surface area contributed by atoms with E-state index in [-0.39, 0.29) is 24.0 Å². The van der Waals surface area contributed by atoms with E-state index in [9.17, 15) is 13.2 Å². The largest absolute Gasteiger partial charge is 0.475 e. The van der Waals surface area contributed by atoms with Gasteiger partial charge in [0.25, 0.3) is 0 Å². The van der Waals surface area contributed by atoms with Crippen LogP contribution in [0.3, 0.4) is 0 Å². The van der Waals surface area contributed by atoms with Crippen LogP contribution in [0, 0.1) is 6.92 Å². The SMILES string of the molecule is Cc1c(C(=O)O)oc2ccc(S(=O)(=O)NCCc3ccc4c(c3)OCO4)cc12. The van der Waals surface area contributed by atoms with Crippen LogP contribution < -0.4 is 14.2 Å². The van der Waals surface area contributed by atoms with Crippen LogP contribution in [-0.4, -0.2) is 32.8 Å². The van der Waals surface area contributed by atoms with Gasteiger partial charge in [0, 0.05) is 17.5 Å². The maximum atomic E-state index is 12.6. The summed E-state index contributed by atoms with van der Waals surface area (Å²) in [7, 11) is -3.76. The second-order valence-electron chi connectivity index (χ2n) is 6.35. The summed E-state index contributed by atoms with van der Waals surface area (Å²) in [4.78, 5) is 11.2. The van der Waals surface area contributed by atoms with E-state index in [4.69, 9.17) is 19.0 Å². The van der Waals surface area contributed by atoms with Crippen LogP contribution in [0.2, 0.25) is 0 Å². The van der Waals surface area contributed by atoms with Gasteiger partial charge in [-0.3, -0.25) is 0 Å². The summed E-state index contributed by atoms with van der Waals surface area (Å²) in [5, 5.41) is 9.59. The predicted octanol–water partition coefficient (Wildman–Crippen LogP) is 2.69. The highest BCUT2D eigenvalue weighted by Gasteiger charge is 2.20. The summed E-state index contributed by atoms with van der Waals surface area (Å²) in [5.41, 5.74) is 1.63. The smallest absolute Gasteiger partial charge is 0.372 e. The van der Waals surface area contributed by atoms with E-state index in [0.717, 1.165) is 5.56 Å². The number of carbonyl (C=O) groups is 1. The molecule has 0 atom stereocenters. The molecule has 0 saturated heterocycles. The number of hydrogen-bond acceptors (Lipinski definition) is 6. The van der Waals surface area contributed by atoms with E-state index in [1.54, 1.807) is 13.0 Å². The molecular weight excluding hydrogens is 386 g/mol. The fourth-order valence-corrected chi connectivity index (χ4v) is 4.14. The molecule has 1 aromatic heterocycles. The monoisotopic (exact) mass is 403 g/mol.